The van der Waals surface area contributed by atoms with Crippen molar-refractivity contribution >= 4 is 82.4 Å². The fraction of sp³-hybridized carbons (Fsp3) is 0.333. The predicted octanol–water partition coefficient (Wildman–Crippen LogP) is 4.23. The molecule has 4 amide bonds. The number of carbonyl (C=O) groups is 4. The molecule has 7 N–H and O–H groups in total. The molecule has 21 heteroatoms. The molecule has 0 aliphatic heterocycles. The Morgan fingerprint density at radius 2 is 1.17 bits per heavy atom. The van der Waals surface area contributed by atoms with Gasteiger partial charge in [0, 0.05) is 37.3 Å². The van der Waals surface area contributed by atoms with Crippen molar-refractivity contribution in [2.24, 2.45) is 11.5 Å². The first-order chi connectivity index (χ1) is 27.9. The molecular formula is C39H49Cl2N13O6. The zero-order valence-electron chi connectivity index (χ0n) is 34.1. The summed E-state index contributed by atoms with van der Waals surface area (Å²) >= 11 is 0. The molecule has 0 atom stereocenters. The number of rotatable bonds is 18. The van der Waals surface area contributed by atoms with Crippen LogP contribution in [0.4, 0.5) is 11.9 Å². The van der Waals surface area contributed by atoms with Crippen LogP contribution in [-0.4, -0.2) is 89.6 Å². The number of nitrogens with two attached hydrogens (primary N) is 2. The summed E-state index contributed by atoms with van der Waals surface area (Å²) in [4.78, 5) is 61.3. The van der Waals surface area contributed by atoms with Crippen LogP contribution in [0, 0.1) is 13.8 Å². The van der Waals surface area contributed by atoms with Crippen LogP contribution in [0.5, 0.6) is 11.5 Å². The minimum atomic E-state index is -0.666. The van der Waals surface area contributed by atoms with Gasteiger partial charge in [-0.05, 0) is 84.1 Å². The summed E-state index contributed by atoms with van der Waals surface area (Å²) in [6.45, 7) is 9.72. The van der Waals surface area contributed by atoms with Gasteiger partial charge in [0.05, 0.1) is 36.1 Å². The van der Waals surface area contributed by atoms with E-state index in [4.69, 9.17) is 25.9 Å². The van der Waals surface area contributed by atoms with Gasteiger partial charge < -0.3 is 35.4 Å². The quantitative estimate of drug-likeness (QED) is 0.0604. The number of carbonyl (C=O) groups excluding carboxylic acids is 4. The first kappa shape index (κ1) is 46.3. The van der Waals surface area contributed by atoms with Gasteiger partial charge in [-0.15, -0.1) is 24.8 Å². The van der Waals surface area contributed by atoms with Crippen molar-refractivity contribution in [2.75, 3.05) is 37.9 Å². The number of anilines is 2. The normalized spacial score (nSPS) is 11.1. The molecule has 6 rings (SSSR count). The Morgan fingerprint density at radius 3 is 1.58 bits per heavy atom. The fourth-order valence-electron chi connectivity index (χ4n) is 6.62. The average Bonchev–Trinajstić information content (AvgIpc) is 3.96. The molecule has 0 aliphatic carbocycles. The summed E-state index contributed by atoms with van der Waals surface area (Å²) in [6, 6.07) is 9.55. The van der Waals surface area contributed by atoms with E-state index in [9.17, 15) is 19.2 Å². The largest absolute Gasteiger partial charge is 0.494 e. The molecular weight excluding hydrogens is 817 g/mol. The van der Waals surface area contributed by atoms with Crippen LogP contribution in [-0.2, 0) is 26.2 Å². The maximum absolute atomic E-state index is 13.7. The van der Waals surface area contributed by atoms with Crippen LogP contribution in [0.2, 0.25) is 0 Å². The van der Waals surface area contributed by atoms with Crippen LogP contribution >= 0.6 is 24.8 Å². The Hall–Kier alpha value is -6.44. The molecule has 6 aromatic rings. The highest BCUT2D eigenvalue weighted by atomic mass is 35.5. The third kappa shape index (κ3) is 9.70. The number of allylic oxidation sites excluding steroid dienone is 2. The SMILES string of the molecule is CCn1nc(C)cc1C(=O)Nc1nc2cc(C(N)=O)cc(OC)c2n1C/C=C/Cn1c(NC(=O)c2cc(C)nn2CC)nc2cc(C(N)=O)cc(OCCCNC)c21.Cl.Cl. The number of fused-ring (bicyclic) bond motifs is 2. The average molecular weight is 867 g/mol. The summed E-state index contributed by atoms with van der Waals surface area (Å²) < 4.78 is 18.6. The fourth-order valence-corrected chi connectivity index (χ4v) is 6.62. The molecule has 0 bridgehead atoms. The number of benzene rings is 2. The van der Waals surface area contributed by atoms with Gasteiger partial charge in [-0.3, -0.25) is 39.2 Å². The highest BCUT2D eigenvalue weighted by Gasteiger charge is 2.23. The lowest BCUT2D eigenvalue weighted by atomic mass is 10.1. The Kier molecular flexibility index (Phi) is 15.4. The number of nitrogens with one attached hydrogen (secondary N) is 3. The van der Waals surface area contributed by atoms with E-state index in [1.54, 1.807) is 56.6 Å². The molecule has 19 nitrogen and oxygen atoms in total. The molecule has 0 saturated heterocycles. The van der Waals surface area contributed by atoms with Gasteiger partial charge in [-0.2, -0.15) is 10.2 Å². The van der Waals surface area contributed by atoms with Crippen LogP contribution in [0.25, 0.3) is 22.1 Å². The second kappa shape index (κ2) is 20.0. The molecule has 0 saturated carbocycles. The third-order valence-electron chi connectivity index (χ3n) is 9.29. The number of imidazole rings is 2. The molecule has 0 spiro atoms. The molecule has 4 aromatic heterocycles. The monoisotopic (exact) mass is 865 g/mol. The van der Waals surface area contributed by atoms with E-state index in [1.807, 2.05) is 33.0 Å². The van der Waals surface area contributed by atoms with Gasteiger partial charge in [0.25, 0.3) is 11.8 Å². The smallest absolute Gasteiger partial charge is 0.276 e. The summed E-state index contributed by atoms with van der Waals surface area (Å²) in [7, 11) is 3.30. The van der Waals surface area contributed by atoms with Crippen LogP contribution < -0.4 is 36.9 Å². The number of aryl methyl sites for hydroxylation is 4. The maximum Gasteiger partial charge on any atom is 0.276 e. The van der Waals surface area contributed by atoms with E-state index in [2.05, 4.69) is 31.1 Å². The molecule has 320 valence electrons. The number of ether oxygens (including phenoxy) is 2. The minimum absolute atomic E-state index is 0. The zero-order chi connectivity index (χ0) is 41.7. The van der Waals surface area contributed by atoms with Crippen molar-refractivity contribution < 1.29 is 28.7 Å². The summed E-state index contributed by atoms with van der Waals surface area (Å²) in [6.07, 6.45) is 4.37. The van der Waals surface area contributed by atoms with Crippen molar-refractivity contribution in [3.8, 4) is 11.5 Å². The van der Waals surface area contributed by atoms with E-state index < -0.39 is 23.6 Å². The van der Waals surface area contributed by atoms with Gasteiger partial charge in [-0.25, -0.2) is 9.97 Å². The first-order valence-corrected chi connectivity index (χ1v) is 18.7. The molecule has 60 heavy (non-hydrogen) atoms. The molecule has 4 heterocycles. The van der Waals surface area contributed by atoms with Crippen molar-refractivity contribution in [1.29, 1.82) is 0 Å². The number of hydrogen-bond acceptors (Lipinski definition) is 11. The van der Waals surface area contributed by atoms with Crippen LogP contribution in [0.3, 0.4) is 0 Å². The topological polar surface area (TPSA) is 246 Å². The van der Waals surface area contributed by atoms with Crippen LogP contribution in [0.1, 0.15) is 73.3 Å². The molecule has 0 radical (unpaired) electrons. The third-order valence-corrected chi connectivity index (χ3v) is 9.29. The highest BCUT2D eigenvalue weighted by Crippen LogP contribution is 2.33. The maximum atomic E-state index is 13.7. The number of nitrogens with zero attached hydrogens (tertiary/aromatic N) is 8. The van der Waals surface area contributed by atoms with Gasteiger partial charge in [0.15, 0.2) is 0 Å². The summed E-state index contributed by atoms with van der Waals surface area (Å²) in [5.41, 5.74) is 15.6. The Morgan fingerprint density at radius 1 is 0.717 bits per heavy atom. The number of primary amides is 2. The number of hydrogen-bond donors (Lipinski definition) is 5. The van der Waals surface area contributed by atoms with E-state index in [-0.39, 0.29) is 60.9 Å². The minimum Gasteiger partial charge on any atom is -0.494 e. The first-order valence-electron chi connectivity index (χ1n) is 18.7. The van der Waals surface area contributed by atoms with Crippen LogP contribution in [0.15, 0.2) is 48.6 Å². The second-order valence-electron chi connectivity index (χ2n) is 13.4. The van der Waals surface area contributed by atoms with Gasteiger partial charge in [0.2, 0.25) is 23.7 Å². The zero-order valence-corrected chi connectivity index (χ0v) is 35.7. The van der Waals surface area contributed by atoms with E-state index in [0.717, 1.165) is 0 Å². The molecule has 2 aromatic carbocycles. The standard InChI is InChI=1S/C39H47N13O6.2ClH/c1-7-51-28(16-22(3)47-51)36(55)45-38-43-26-18-24(34(40)53)20-30(57-6)32(26)49(38)13-9-10-14-50-33-27(19-25(35(41)54)21-31(33)58-15-11-12-42-5)44-39(50)46-37(56)29-17-23(4)48-52(29)8-2;;/h9-10,16-21,42H,7-8,11-15H2,1-6H3,(H2,40,53)(H2,41,54)(H,43,45,55)(H,44,46,56);2*1H/b10-9+;;. The molecule has 0 fully saturated rings. The summed E-state index contributed by atoms with van der Waals surface area (Å²) in [5, 5.41) is 17.7. The lowest BCUT2D eigenvalue weighted by Gasteiger charge is -2.13. The number of amides is 4. The summed E-state index contributed by atoms with van der Waals surface area (Å²) in [5.74, 6) is -1.13. The molecule has 0 aliphatic rings. The van der Waals surface area contributed by atoms with Crippen molar-refractivity contribution in [3.63, 3.8) is 0 Å². The highest BCUT2D eigenvalue weighted by molar-refractivity contribution is 6.05. The second-order valence-corrected chi connectivity index (χ2v) is 13.4. The van der Waals surface area contributed by atoms with E-state index in [0.29, 0.717) is 89.0 Å². The van der Waals surface area contributed by atoms with Crippen molar-refractivity contribution in [2.45, 2.75) is 60.3 Å². The number of halogens is 2. The Bertz CT molecular complexity index is 2570. The van der Waals surface area contributed by atoms with Gasteiger partial charge in [-0.1, -0.05) is 12.2 Å². The van der Waals surface area contributed by atoms with Gasteiger partial charge in [0.1, 0.15) is 33.9 Å². The van der Waals surface area contributed by atoms with Gasteiger partial charge >= 0.3 is 0 Å². The number of aromatic nitrogens is 8. The Balaban J connectivity index is 0.00000397. The van der Waals surface area contributed by atoms with E-state index >= 15 is 0 Å². The predicted molar refractivity (Wildman–Crippen MR) is 232 cm³/mol. The number of methoxy groups -OCH3 is 1. The Labute approximate surface area is 357 Å². The lowest BCUT2D eigenvalue weighted by Crippen LogP contribution is -2.20. The lowest BCUT2D eigenvalue weighted by molar-refractivity contribution is 0.0991. The van der Waals surface area contributed by atoms with Crippen molar-refractivity contribution in [1.82, 2.24) is 44.0 Å². The molecule has 0 unspecified atom stereocenters. The van der Waals surface area contributed by atoms with E-state index in [1.165, 1.54) is 19.2 Å². The van der Waals surface area contributed by atoms with Crippen molar-refractivity contribution in [3.05, 3.63) is 82.5 Å².